The number of esters is 1. The van der Waals surface area contributed by atoms with Crippen molar-refractivity contribution in [3.8, 4) is 0 Å². The highest BCUT2D eigenvalue weighted by Gasteiger charge is 2.09. The Morgan fingerprint density at radius 3 is 2.35 bits per heavy atom. The van der Waals surface area contributed by atoms with Crippen molar-refractivity contribution in [1.82, 2.24) is 0 Å². The van der Waals surface area contributed by atoms with Gasteiger partial charge < -0.3 is 9.64 Å². The van der Waals surface area contributed by atoms with Crippen LogP contribution in [0.5, 0.6) is 0 Å². The van der Waals surface area contributed by atoms with Crippen LogP contribution in [0.25, 0.3) is 0 Å². The Hall–Kier alpha value is -2.36. The molecule has 0 aliphatic rings. The topological polar surface area (TPSA) is 29.5 Å². The summed E-state index contributed by atoms with van der Waals surface area (Å²) in [5.74, 6) is -0.832. The summed E-state index contributed by atoms with van der Waals surface area (Å²) in [6.45, 7) is -0.0685. The van der Waals surface area contributed by atoms with E-state index < -0.39 is 5.97 Å². The Bertz CT molecular complexity index is 594. The molecule has 0 radical (unpaired) electrons. The third kappa shape index (κ3) is 3.35. The summed E-state index contributed by atoms with van der Waals surface area (Å²) in [7, 11) is 3.84. The van der Waals surface area contributed by atoms with Crippen LogP contribution in [0.2, 0.25) is 0 Å². The minimum Gasteiger partial charge on any atom is -0.457 e. The Balaban J connectivity index is 2.00. The first-order valence-electron chi connectivity index (χ1n) is 6.26. The Morgan fingerprint density at radius 1 is 1.10 bits per heavy atom. The number of ether oxygens (including phenoxy) is 1. The minimum atomic E-state index is -0.460. The normalized spacial score (nSPS) is 10.2. The zero-order chi connectivity index (χ0) is 14.5. The van der Waals surface area contributed by atoms with E-state index in [1.54, 1.807) is 30.3 Å². The fourth-order valence-electron chi connectivity index (χ4n) is 1.74. The van der Waals surface area contributed by atoms with Crippen molar-refractivity contribution in [3.05, 3.63) is 65.5 Å². The van der Waals surface area contributed by atoms with Crippen molar-refractivity contribution in [2.24, 2.45) is 0 Å². The molecule has 3 nitrogen and oxygen atoms in total. The largest absolute Gasteiger partial charge is 0.457 e. The van der Waals surface area contributed by atoms with Crippen LogP contribution < -0.4 is 4.90 Å². The molecular weight excluding hydrogens is 257 g/mol. The van der Waals surface area contributed by atoms with E-state index in [-0.39, 0.29) is 12.4 Å². The van der Waals surface area contributed by atoms with Gasteiger partial charge in [0.15, 0.2) is 0 Å². The molecule has 0 bridgehead atoms. The molecule has 0 heterocycles. The van der Waals surface area contributed by atoms with Gasteiger partial charge in [0, 0.05) is 25.3 Å². The number of benzene rings is 2. The molecule has 0 saturated carbocycles. The lowest BCUT2D eigenvalue weighted by molar-refractivity contribution is 0.0469. The van der Waals surface area contributed by atoms with Gasteiger partial charge in [-0.05, 0) is 30.3 Å². The molecule has 2 aromatic rings. The Labute approximate surface area is 117 Å². The van der Waals surface area contributed by atoms with Gasteiger partial charge >= 0.3 is 5.97 Å². The maximum atomic E-state index is 13.4. The van der Waals surface area contributed by atoms with Crippen molar-refractivity contribution < 1.29 is 13.9 Å². The zero-order valence-electron chi connectivity index (χ0n) is 11.5. The molecule has 20 heavy (non-hydrogen) atoms. The van der Waals surface area contributed by atoms with Crippen LogP contribution in [-0.4, -0.2) is 20.1 Å². The standard InChI is InChI=1S/C16H16FNO2/c1-18(2)14-9-7-12(8-10-14)16(19)20-11-13-5-3-4-6-15(13)17/h3-10H,11H2,1-2H3. The molecule has 0 fully saturated rings. The molecule has 0 aromatic heterocycles. The highest BCUT2D eigenvalue weighted by molar-refractivity contribution is 5.89. The lowest BCUT2D eigenvalue weighted by Gasteiger charge is -2.12. The van der Waals surface area contributed by atoms with E-state index in [2.05, 4.69) is 0 Å². The molecule has 0 N–H and O–H groups in total. The van der Waals surface area contributed by atoms with Crippen LogP contribution in [0.1, 0.15) is 15.9 Å². The van der Waals surface area contributed by atoms with E-state index in [9.17, 15) is 9.18 Å². The zero-order valence-corrected chi connectivity index (χ0v) is 11.5. The van der Waals surface area contributed by atoms with Gasteiger partial charge in [0.05, 0.1) is 5.56 Å². The first-order chi connectivity index (χ1) is 9.58. The van der Waals surface area contributed by atoms with Crippen LogP contribution in [0.15, 0.2) is 48.5 Å². The summed E-state index contributed by atoms with van der Waals surface area (Å²) in [6.07, 6.45) is 0. The molecule has 0 aliphatic heterocycles. The molecule has 4 heteroatoms. The fraction of sp³-hybridized carbons (Fsp3) is 0.188. The number of hydrogen-bond acceptors (Lipinski definition) is 3. The maximum absolute atomic E-state index is 13.4. The fourth-order valence-corrected chi connectivity index (χ4v) is 1.74. The highest BCUT2D eigenvalue weighted by Crippen LogP contribution is 2.14. The summed E-state index contributed by atoms with van der Waals surface area (Å²) in [5.41, 5.74) is 1.81. The average molecular weight is 273 g/mol. The van der Waals surface area contributed by atoms with Gasteiger partial charge in [-0.2, -0.15) is 0 Å². The van der Waals surface area contributed by atoms with Gasteiger partial charge in [-0.25, -0.2) is 9.18 Å². The summed E-state index contributed by atoms with van der Waals surface area (Å²) in [4.78, 5) is 13.8. The quantitative estimate of drug-likeness (QED) is 0.801. The third-order valence-electron chi connectivity index (χ3n) is 2.94. The SMILES string of the molecule is CN(C)c1ccc(C(=O)OCc2ccccc2F)cc1. The molecule has 0 aliphatic carbocycles. The molecule has 0 spiro atoms. The molecule has 2 rings (SSSR count). The van der Waals surface area contributed by atoms with Gasteiger partial charge in [0.25, 0.3) is 0 Å². The second-order valence-corrected chi connectivity index (χ2v) is 4.61. The molecule has 2 aromatic carbocycles. The van der Waals surface area contributed by atoms with Crippen LogP contribution in [0.3, 0.4) is 0 Å². The van der Waals surface area contributed by atoms with Gasteiger partial charge in [-0.15, -0.1) is 0 Å². The molecule has 0 saturated heterocycles. The van der Waals surface area contributed by atoms with E-state index in [4.69, 9.17) is 4.74 Å². The number of carbonyl (C=O) groups is 1. The van der Waals surface area contributed by atoms with E-state index >= 15 is 0 Å². The molecular formula is C16H16FNO2. The highest BCUT2D eigenvalue weighted by atomic mass is 19.1. The van der Waals surface area contributed by atoms with Crippen LogP contribution in [-0.2, 0) is 11.3 Å². The van der Waals surface area contributed by atoms with Crippen molar-refractivity contribution in [3.63, 3.8) is 0 Å². The average Bonchev–Trinajstić information content (AvgIpc) is 2.46. The van der Waals surface area contributed by atoms with Crippen molar-refractivity contribution >= 4 is 11.7 Å². The second kappa shape index (κ2) is 6.19. The van der Waals surface area contributed by atoms with Crippen LogP contribution >= 0.6 is 0 Å². The first kappa shape index (κ1) is 14.1. The van der Waals surface area contributed by atoms with Gasteiger partial charge in [0.2, 0.25) is 0 Å². The van der Waals surface area contributed by atoms with Crippen molar-refractivity contribution in [1.29, 1.82) is 0 Å². The molecule has 0 amide bonds. The molecule has 104 valence electrons. The van der Waals surface area contributed by atoms with E-state index in [0.717, 1.165) is 5.69 Å². The molecule has 0 unspecified atom stereocenters. The summed E-state index contributed by atoms with van der Waals surface area (Å²) in [6, 6.07) is 13.3. The third-order valence-corrected chi connectivity index (χ3v) is 2.94. The predicted octanol–water partition coefficient (Wildman–Crippen LogP) is 3.25. The lowest BCUT2D eigenvalue weighted by Crippen LogP contribution is -2.10. The summed E-state index contributed by atoms with van der Waals surface area (Å²) in [5, 5.41) is 0. The van der Waals surface area contributed by atoms with E-state index in [1.807, 2.05) is 31.1 Å². The second-order valence-electron chi connectivity index (χ2n) is 4.61. The van der Waals surface area contributed by atoms with E-state index in [1.165, 1.54) is 6.07 Å². The summed E-state index contributed by atoms with van der Waals surface area (Å²) < 4.78 is 18.5. The van der Waals surface area contributed by atoms with Gasteiger partial charge in [-0.3, -0.25) is 0 Å². The van der Waals surface area contributed by atoms with Gasteiger partial charge in [-0.1, -0.05) is 18.2 Å². The molecule has 0 atom stereocenters. The van der Waals surface area contributed by atoms with Crippen LogP contribution in [0.4, 0.5) is 10.1 Å². The van der Waals surface area contributed by atoms with Crippen molar-refractivity contribution in [2.45, 2.75) is 6.61 Å². The van der Waals surface area contributed by atoms with Crippen LogP contribution in [0, 0.1) is 5.82 Å². The Kier molecular flexibility index (Phi) is 4.35. The maximum Gasteiger partial charge on any atom is 0.338 e. The van der Waals surface area contributed by atoms with Crippen molar-refractivity contribution in [2.75, 3.05) is 19.0 Å². The number of anilines is 1. The summed E-state index contributed by atoms with van der Waals surface area (Å²) >= 11 is 0. The number of hydrogen-bond donors (Lipinski definition) is 0. The monoisotopic (exact) mass is 273 g/mol. The smallest absolute Gasteiger partial charge is 0.338 e. The predicted molar refractivity (Wildman–Crippen MR) is 76.3 cm³/mol. The number of rotatable bonds is 4. The minimum absolute atomic E-state index is 0.0685. The first-order valence-corrected chi connectivity index (χ1v) is 6.26. The van der Waals surface area contributed by atoms with Gasteiger partial charge in [0.1, 0.15) is 12.4 Å². The Morgan fingerprint density at radius 2 is 1.75 bits per heavy atom. The van der Waals surface area contributed by atoms with E-state index in [0.29, 0.717) is 11.1 Å². The lowest BCUT2D eigenvalue weighted by atomic mass is 10.2. The number of nitrogens with zero attached hydrogens (tertiary/aromatic N) is 1. The number of carbonyl (C=O) groups excluding carboxylic acids is 1. The number of halogens is 1.